The molecule has 0 saturated carbocycles. The SMILES string of the molecule is O=[N+]([O-])c1cc(Cl)ccc1Nc1ccc2c(c1)OCCO2. The Morgan fingerprint density at radius 3 is 2.62 bits per heavy atom. The maximum atomic E-state index is 11.1. The molecule has 0 amide bonds. The van der Waals surface area contributed by atoms with E-state index in [4.69, 9.17) is 21.1 Å². The summed E-state index contributed by atoms with van der Waals surface area (Å²) in [6.07, 6.45) is 0. The van der Waals surface area contributed by atoms with Crippen molar-refractivity contribution in [3.05, 3.63) is 51.5 Å². The van der Waals surface area contributed by atoms with Gasteiger partial charge >= 0.3 is 0 Å². The van der Waals surface area contributed by atoms with Gasteiger partial charge in [0.1, 0.15) is 18.9 Å². The fourth-order valence-corrected chi connectivity index (χ4v) is 2.20. The van der Waals surface area contributed by atoms with Crippen molar-refractivity contribution in [2.24, 2.45) is 0 Å². The number of ether oxygens (including phenoxy) is 2. The molecule has 0 atom stereocenters. The molecule has 1 aliphatic heterocycles. The zero-order valence-corrected chi connectivity index (χ0v) is 11.6. The Kier molecular flexibility index (Phi) is 3.53. The van der Waals surface area contributed by atoms with Gasteiger partial charge < -0.3 is 14.8 Å². The van der Waals surface area contributed by atoms with Crippen LogP contribution in [0.2, 0.25) is 5.02 Å². The lowest BCUT2D eigenvalue weighted by atomic mass is 10.2. The Morgan fingerprint density at radius 2 is 1.86 bits per heavy atom. The average Bonchev–Trinajstić information content (AvgIpc) is 2.49. The number of nitrogens with zero attached hydrogens (tertiary/aromatic N) is 1. The summed E-state index contributed by atoms with van der Waals surface area (Å²) in [6.45, 7) is 1.000. The van der Waals surface area contributed by atoms with E-state index in [-0.39, 0.29) is 5.69 Å². The van der Waals surface area contributed by atoms with Crippen LogP contribution in [0.5, 0.6) is 11.5 Å². The highest BCUT2D eigenvalue weighted by molar-refractivity contribution is 6.30. The van der Waals surface area contributed by atoms with Crippen molar-refractivity contribution in [1.82, 2.24) is 0 Å². The van der Waals surface area contributed by atoms with Crippen molar-refractivity contribution in [3.8, 4) is 11.5 Å². The van der Waals surface area contributed by atoms with Gasteiger partial charge in [-0.3, -0.25) is 10.1 Å². The van der Waals surface area contributed by atoms with Crippen LogP contribution in [0.15, 0.2) is 36.4 Å². The Morgan fingerprint density at radius 1 is 1.10 bits per heavy atom. The second kappa shape index (κ2) is 5.49. The molecule has 0 spiro atoms. The van der Waals surface area contributed by atoms with Gasteiger partial charge in [-0.1, -0.05) is 11.6 Å². The topological polar surface area (TPSA) is 73.6 Å². The molecule has 1 heterocycles. The van der Waals surface area contributed by atoms with Crippen LogP contribution >= 0.6 is 11.6 Å². The molecule has 0 unspecified atom stereocenters. The van der Waals surface area contributed by atoms with Gasteiger partial charge in [0.2, 0.25) is 0 Å². The molecule has 6 nitrogen and oxygen atoms in total. The van der Waals surface area contributed by atoms with Gasteiger partial charge in [-0.15, -0.1) is 0 Å². The summed E-state index contributed by atoms with van der Waals surface area (Å²) in [5.41, 5.74) is 0.947. The van der Waals surface area contributed by atoms with Crippen LogP contribution < -0.4 is 14.8 Å². The standard InChI is InChI=1S/C14H11ClN2O4/c15-9-1-3-11(12(7-9)17(18)19)16-10-2-4-13-14(8-10)21-6-5-20-13/h1-4,7-8,16H,5-6H2. The summed E-state index contributed by atoms with van der Waals surface area (Å²) in [7, 11) is 0. The van der Waals surface area contributed by atoms with Crippen LogP contribution in [0.25, 0.3) is 0 Å². The molecule has 2 aromatic carbocycles. The van der Waals surface area contributed by atoms with Crippen LogP contribution in [-0.2, 0) is 0 Å². The lowest BCUT2D eigenvalue weighted by Crippen LogP contribution is -2.15. The number of hydrogen-bond donors (Lipinski definition) is 1. The third-order valence-electron chi connectivity index (χ3n) is 2.98. The first kappa shape index (κ1) is 13.5. The van der Waals surface area contributed by atoms with E-state index >= 15 is 0 Å². The van der Waals surface area contributed by atoms with Crippen LogP contribution in [-0.4, -0.2) is 18.1 Å². The lowest BCUT2D eigenvalue weighted by Gasteiger charge is -2.19. The highest BCUT2D eigenvalue weighted by atomic mass is 35.5. The second-order valence-electron chi connectivity index (χ2n) is 4.40. The summed E-state index contributed by atoms with van der Waals surface area (Å²) in [6, 6.07) is 9.74. The minimum atomic E-state index is -0.480. The predicted octanol–water partition coefficient (Wildman–Crippen LogP) is 3.76. The van der Waals surface area contributed by atoms with Crippen molar-refractivity contribution < 1.29 is 14.4 Å². The largest absolute Gasteiger partial charge is 0.486 e. The molecule has 0 aliphatic carbocycles. The number of rotatable bonds is 3. The second-order valence-corrected chi connectivity index (χ2v) is 4.84. The molecule has 0 bridgehead atoms. The van der Waals surface area contributed by atoms with E-state index < -0.39 is 4.92 Å². The monoisotopic (exact) mass is 306 g/mol. The molecule has 1 N–H and O–H groups in total. The number of anilines is 2. The zero-order chi connectivity index (χ0) is 14.8. The summed E-state index contributed by atoms with van der Waals surface area (Å²) in [4.78, 5) is 10.6. The number of nitro groups is 1. The smallest absolute Gasteiger partial charge is 0.294 e. The van der Waals surface area contributed by atoms with E-state index in [1.807, 2.05) is 0 Å². The third kappa shape index (κ3) is 2.85. The van der Waals surface area contributed by atoms with E-state index in [9.17, 15) is 10.1 Å². The van der Waals surface area contributed by atoms with Gasteiger partial charge in [-0.05, 0) is 24.3 Å². The Labute approximate surface area is 125 Å². The fraction of sp³-hybridized carbons (Fsp3) is 0.143. The minimum Gasteiger partial charge on any atom is -0.486 e. The van der Waals surface area contributed by atoms with E-state index in [0.717, 1.165) is 0 Å². The quantitative estimate of drug-likeness (QED) is 0.690. The molecule has 3 rings (SSSR count). The molecule has 7 heteroatoms. The van der Waals surface area contributed by atoms with Gasteiger partial charge in [-0.2, -0.15) is 0 Å². The average molecular weight is 307 g/mol. The first-order valence-corrected chi connectivity index (χ1v) is 6.62. The van der Waals surface area contributed by atoms with Crippen molar-refractivity contribution in [2.45, 2.75) is 0 Å². The maximum Gasteiger partial charge on any atom is 0.294 e. The number of hydrogen-bond acceptors (Lipinski definition) is 5. The third-order valence-corrected chi connectivity index (χ3v) is 3.21. The highest BCUT2D eigenvalue weighted by Gasteiger charge is 2.16. The summed E-state index contributed by atoms with van der Waals surface area (Å²) in [5.74, 6) is 1.28. The number of nitro benzene ring substituents is 1. The van der Waals surface area contributed by atoms with Gasteiger partial charge in [0, 0.05) is 22.8 Å². The van der Waals surface area contributed by atoms with E-state index in [2.05, 4.69) is 5.32 Å². The van der Waals surface area contributed by atoms with Crippen LogP contribution in [0.3, 0.4) is 0 Å². The molecule has 0 aromatic heterocycles. The lowest BCUT2D eigenvalue weighted by molar-refractivity contribution is -0.383. The van der Waals surface area contributed by atoms with E-state index in [1.54, 1.807) is 30.3 Å². The van der Waals surface area contributed by atoms with Crippen LogP contribution in [0.4, 0.5) is 17.1 Å². The Bertz CT molecular complexity index is 705. The number of benzene rings is 2. The molecule has 0 saturated heterocycles. The molecular weight excluding hydrogens is 296 g/mol. The maximum absolute atomic E-state index is 11.1. The van der Waals surface area contributed by atoms with E-state index in [0.29, 0.717) is 41.1 Å². The van der Waals surface area contributed by atoms with Crippen molar-refractivity contribution >= 4 is 28.7 Å². The first-order chi connectivity index (χ1) is 10.1. The number of halogens is 1. The van der Waals surface area contributed by atoms with Crippen molar-refractivity contribution in [2.75, 3.05) is 18.5 Å². The normalized spacial score (nSPS) is 12.8. The highest BCUT2D eigenvalue weighted by Crippen LogP contribution is 2.35. The van der Waals surface area contributed by atoms with Crippen LogP contribution in [0.1, 0.15) is 0 Å². The number of fused-ring (bicyclic) bond motifs is 1. The minimum absolute atomic E-state index is 0.0858. The van der Waals surface area contributed by atoms with Gasteiger partial charge in [0.15, 0.2) is 11.5 Å². The van der Waals surface area contributed by atoms with Gasteiger partial charge in [0.25, 0.3) is 5.69 Å². The van der Waals surface area contributed by atoms with Gasteiger partial charge in [0.05, 0.1) is 4.92 Å². The first-order valence-electron chi connectivity index (χ1n) is 6.24. The summed E-state index contributed by atoms with van der Waals surface area (Å²) >= 11 is 5.79. The van der Waals surface area contributed by atoms with E-state index in [1.165, 1.54) is 6.07 Å². The van der Waals surface area contributed by atoms with Crippen molar-refractivity contribution in [3.63, 3.8) is 0 Å². The summed E-state index contributed by atoms with van der Waals surface area (Å²) in [5, 5.41) is 14.4. The molecule has 21 heavy (non-hydrogen) atoms. The van der Waals surface area contributed by atoms with Gasteiger partial charge in [-0.25, -0.2) is 0 Å². The van der Waals surface area contributed by atoms with Crippen molar-refractivity contribution in [1.29, 1.82) is 0 Å². The predicted molar refractivity (Wildman–Crippen MR) is 78.8 cm³/mol. The number of nitrogens with one attached hydrogen (secondary N) is 1. The zero-order valence-electron chi connectivity index (χ0n) is 10.8. The molecule has 0 radical (unpaired) electrons. The molecule has 1 aliphatic rings. The molecule has 108 valence electrons. The fourth-order valence-electron chi connectivity index (χ4n) is 2.04. The summed E-state index contributed by atoms with van der Waals surface area (Å²) < 4.78 is 10.9. The van der Waals surface area contributed by atoms with Crippen LogP contribution in [0, 0.1) is 10.1 Å². The molecule has 2 aromatic rings. The Hall–Kier alpha value is -2.47. The molecule has 0 fully saturated rings. The molecular formula is C14H11ClN2O4. The Balaban J connectivity index is 1.92.